The van der Waals surface area contributed by atoms with Gasteiger partial charge in [0.05, 0.1) is 11.7 Å². The number of aryl methyl sites for hydroxylation is 2. The Morgan fingerprint density at radius 3 is 2.94 bits per heavy atom. The fraction of sp³-hybridized carbons (Fsp3) is 0.636. The summed E-state index contributed by atoms with van der Waals surface area (Å²) in [6, 6.07) is -0.0373. The highest BCUT2D eigenvalue weighted by atomic mass is 35.5. The van der Waals surface area contributed by atoms with E-state index in [1.54, 1.807) is 11.8 Å². The molecule has 7 heteroatoms. The second-order valence-corrected chi connectivity index (χ2v) is 5.15. The van der Waals surface area contributed by atoms with Gasteiger partial charge in [-0.3, -0.25) is 10.1 Å². The quantitative estimate of drug-likeness (QED) is 0.867. The molecule has 0 bridgehead atoms. The third-order valence-electron chi connectivity index (χ3n) is 2.89. The number of carbonyl (C=O) groups excluding carboxylic acids is 1. The number of aromatic nitrogens is 1. The first-order valence-electron chi connectivity index (χ1n) is 5.69. The van der Waals surface area contributed by atoms with E-state index >= 15 is 0 Å². The lowest BCUT2D eigenvalue weighted by molar-refractivity contribution is -0.122. The molecule has 0 aliphatic carbocycles. The minimum absolute atomic E-state index is 0. The maximum atomic E-state index is 11.7. The molecule has 1 aromatic heterocycles. The predicted octanol–water partition coefficient (Wildman–Crippen LogP) is 1.03. The van der Waals surface area contributed by atoms with Crippen LogP contribution in [0, 0.1) is 13.8 Å². The lowest BCUT2D eigenvalue weighted by Gasteiger charge is -2.10. The Labute approximate surface area is 117 Å². The molecular formula is C11H18ClN3O2S. The minimum atomic E-state index is -0.0373. The van der Waals surface area contributed by atoms with Gasteiger partial charge in [0.1, 0.15) is 5.76 Å². The normalized spacial score (nSPS) is 18.4. The zero-order chi connectivity index (χ0) is 12.3. The topological polar surface area (TPSA) is 67.2 Å². The van der Waals surface area contributed by atoms with E-state index in [4.69, 9.17) is 4.52 Å². The number of amides is 1. The van der Waals surface area contributed by atoms with E-state index < -0.39 is 0 Å². The second-order valence-electron chi connectivity index (χ2n) is 4.12. The smallest absolute Gasteiger partial charge is 0.238 e. The first-order valence-corrected chi connectivity index (χ1v) is 6.84. The van der Waals surface area contributed by atoms with E-state index in [1.807, 2.05) is 13.8 Å². The minimum Gasteiger partial charge on any atom is -0.361 e. The van der Waals surface area contributed by atoms with Crippen molar-refractivity contribution in [2.75, 3.05) is 18.2 Å². The fourth-order valence-electron chi connectivity index (χ4n) is 1.86. The summed E-state index contributed by atoms with van der Waals surface area (Å²) in [6.45, 7) is 4.44. The molecule has 2 N–H and O–H groups in total. The van der Waals surface area contributed by atoms with Gasteiger partial charge >= 0.3 is 0 Å². The van der Waals surface area contributed by atoms with Crippen LogP contribution in [0.15, 0.2) is 4.52 Å². The molecule has 1 atom stereocenters. The number of rotatable bonds is 4. The molecule has 0 radical (unpaired) electrons. The number of hydrogen-bond acceptors (Lipinski definition) is 5. The van der Waals surface area contributed by atoms with Crippen LogP contribution in [0.25, 0.3) is 0 Å². The fourth-order valence-corrected chi connectivity index (χ4v) is 2.80. The lowest BCUT2D eigenvalue weighted by atomic mass is 10.1. The summed E-state index contributed by atoms with van der Waals surface area (Å²) in [5.41, 5.74) is 2.00. The van der Waals surface area contributed by atoms with Crippen molar-refractivity contribution in [3.8, 4) is 0 Å². The third kappa shape index (κ3) is 3.63. The van der Waals surface area contributed by atoms with Crippen molar-refractivity contribution >= 4 is 30.1 Å². The monoisotopic (exact) mass is 291 g/mol. The summed E-state index contributed by atoms with van der Waals surface area (Å²) < 4.78 is 5.07. The first kappa shape index (κ1) is 15.3. The Morgan fingerprint density at radius 2 is 2.39 bits per heavy atom. The standard InChI is InChI=1S/C11H17N3O2S.ClH/c1-7-9(8(2)16-14-7)3-4-12-11(15)10-5-17-6-13-10;/h10,13H,3-6H2,1-2H3,(H,12,15);1H. The number of carbonyl (C=O) groups is 1. The molecule has 1 amide bonds. The van der Waals surface area contributed by atoms with Gasteiger partial charge in [-0.25, -0.2) is 0 Å². The Balaban J connectivity index is 0.00000162. The summed E-state index contributed by atoms with van der Waals surface area (Å²) in [6.07, 6.45) is 0.771. The molecule has 1 aliphatic rings. The molecular weight excluding hydrogens is 274 g/mol. The molecule has 0 saturated carbocycles. The highest BCUT2D eigenvalue weighted by Crippen LogP contribution is 2.12. The van der Waals surface area contributed by atoms with E-state index in [1.165, 1.54) is 0 Å². The van der Waals surface area contributed by atoms with E-state index in [0.29, 0.717) is 6.54 Å². The van der Waals surface area contributed by atoms with Gasteiger partial charge in [0, 0.05) is 23.7 Å². The van der Waals surface area contributed by atoms with Gasteiger partial charge in [0.2, 0.25) is 5.91 Å². The van der Waals surface area contributed by atoms with Crippen LogP contribution in [0.5, 0.6) is 0 Å². The summed E-state index contributed by atoms with van der Waals surface area (Å²) in [7, 11) is 0. The van der Waals surface area contributed by atoms with Gasteiger partial charge in [-0.05, 0) is 20.3 Å². The largest absolute Gasteiger partial charge is 0.361 e. The molecule has 102 valence electrons. The molecule has 2 rings (SSSR count). The highest BCUT2D eigenvalue weighted by Gasteiger charge is 2.22. The number of halogens is 1. The van der Waals surface area contributed by atoms with Crippen LogP contribution in [0.3, 0.4) is 0 Å². The van der Waals surface area contributed by atoms with Crippen LogP contribution < -0.4 is 10.6 Å². The predicted molar refractivity (Wildman–Crippen MR) is 74.2 cm³/mol. The Morgan fingerprint density at radius 1 is 1.61 bits per heavy atom. The second kappa shape index (κ2) is 7.01. The molecule has 1 fully saturated rings. The van der Waals surface area contributed by atoms with Crippen LogP contribution in [-0.4, -0.2) is 35.3 Å². The van der Waals surface area contributed by atoms with Gasteiger partial charge in [-0.2, -0.15) is 0 Å². The van der Waals surface area contributed by atoms with Crippen molar-refractivity contribution in [2.45, 2.75) is 26.3 Å². The number of hydrogen-bond donors (Lipinski definition) is 2. The molecule has 0 aromatic carbocycles. The zero-order valence-electron chi connectivity index (χ0n) is 10.5. The maximum absolute atomic E-state index is 11.7. The lowest BCUT2D eigenvalue weighted by Crippen LogP contribution is -2.42. The molecule has 0 spiro atoms. The third-order valence-corrected chi connectivity index (χ3v) is 3.83. The number of thioether (sulfide) groups is 1. The van der Waals surface area contributed by atoms with E-state index in [9.17, 15) is 4.79 Å². The average molecular weight is 292 g/mol. The molecule has 18 heavy (non-hydrogen) atoms. The van der Waals surface area contributed by atoms with Gasteiger partial charge < -0.3 is 9.84 Å². The summed E-state index contributed by atoms with van der Waals surface area (Å²) >= 11 is 1.75. The van der Waals surface area contributed by atoms with Gasteiger partial charge in [0.25, 0.3) is 0 Å². The summed E-state index contributed by atoms with van der Waals surface area (Å²) in [5, 5.41) is 9.96. The van der Waals surface area contributed by atoms with Crippen molar-refractivity contribution in [1.29, 1.82) is 0 Å². The van der Waals surface area contributed by atoms with Crippen LogP contribution in [-0.2, 0) is 11.2 Å². The number of nitrogens with zero attached hydrogens (tertiary/aromatic N) is 1. The first-order chi connectivity index (χ1) is 8.18. The van der Waals surface area contributed by atoms with Crippen molar-refractivity contribution in [1.82, 2.24) is 15.8 Å². The Bertz CT molecular complexity index is 385. The van der Waals surface area contributed by atoms with Crippen molar-refractivity contribution < 1.29 is 9.32 Å². The summed E-state index contributed by atoms with van der Waals surface area (Å²) in [5.74, 6) is 2.65. The van der Waals surface area contributed by atoms with E-state index in [-0.39, 0.29) is 24.4 Å². The van der Waals surface area contributed by atoms with E-state index in [0.717, 1.165) is 35.1 Å². The molecule has 2 heterocycles. The van der Waals surface area contributed by atoms with Crippen molar-refractivity contribution in [3.63, 3.8) is 0 Å². The van der Waals surface area contributed by atoms with Crippen LogP contribution in [0.4, 0.5) is 0 Å². The van der Waals surface area contributed by atoms with E-state index in [2.05, 4.69) is 15.8 Å². The van der Waals surface area contributed by atoms with Crippen molar-refractivity contribution in [2.24, 2.45) is 0 Å². The Hall–Kier alpha value is -0.720. The van der Waals surface area contributed by atoms with Crippen molar-refractivity contribution in [3.05, 3.63) is 17.0 Å². The zero-order valence-corrected chi connectivity index (χ0v) is 12.1. The average Bonchev–Trinajstić information content (AvgIpc) is 2.93. The van der Waals surface area contributed by atoms with Crippen LogP contribution in [0.2, 0.25) is 0 Å². The Kier molecular flexibility index (Phi) is 5.98. The highest BCUT2D eigenvalue weighted by molar-refractivity contribution is 7.99. The van der Waals surface area contributed by atoms with Crippen LogP contribution >= 0.6 is 24.2 Å². The maximum Gasteiger partial charge on any atom is 0.238 e. The summed E-state index contributed by atoms with van der Waals surface area (Å²) in [4.78, 5) is 11.7. The van der Waals surface area contributed by atoms with Gasteiger partial charge in [-0.15, -0.1) is 24.2 Å². The molecule has 5 nitrogen and oxygen atoms in total. The van der Waals surface area contributed by atoms with Gasteiger partial charge in [0.15, 0.2) is 0 Å². The van der Waals surface area contributed by atoms with Gasteiger partial charge in [-0.1, -0.05) is 5.16 Å². The molecule has 1 aromatic rings. The molecule has 1 unspecified atom stereocenters. The molecule has 1 aliphatic heterocycles. The van der Waals surface area contributed by atoms with Crippen LogP contribution in [0.1, 0.15) is 17.0 Å². The molecule has 1 saturated heterocycles. The SMILES string of the molecule is Cc1noc(C)c1CCNC(=O)C1CSCN1.Cl. The number of nitrogens with one attached hydrogen (secondary N) is 2.